The highest BCUT2D eigenvalue weighted by Gasteiger charge is 2.10. The van der Waals surface area contributed by atoms with Crippen LogP contribution in [0.3, 0.4) is 0 Å². The predicted molar refractivity (Wildman–Crippen MR) is 260 cm³/mol. The summed E-state index contributed by atoms with van der Waals surface area (Å²) in [6.45, 7) is 3.57. The summed E-state index contributed by atoms with van der Waals surface area (Å²) >= 11 is 0. The first-order valence-electron chi connectivity index (χ1n) is 22.2. The minimum Gasteiger partial charge on any atom is -0.347 e. The zero-order valence-electron chi connectivity index (χ0n) is 36.3. The largest absolute Gasteiger partial charge is 0.347 e. The van der Waals surface area contributed by atoms with E-state index in [9.17, 15) is 0 Å². The smallest absolute Gasteiger partial charge is 0.0472 e. The van der Waals surface area contributed by atoms with Gasteiger partial charge in [-0.25, -0.2) is 0 Å². The van der Waals surface area contributed by atoms with Crippen LogP contribution in [0.1, 0.15) is 67.3 Å². The summed E-state index contributed by atoms with van der Waals surface area (Å²) in [5.41, 5.74) is 15.5. The summed E-state index contributed by atoms with van der Waals surface area (Å²) in [6, 6.07) is 64.4. The van der Waals surface area contributed by atoms with Gasteiger partial charge >= 0.3 is 0 Å². The number of rotatable bonds is 16. The quantitative estimate of drug-likeness (QED) is 0.0973. The Labute approximate surface area is 377 Å². The Hall–Kier alpha value is -7.70. The summed E-state index contributed by atoms with van der Waals surface area (Å²) in [6.07, 6.45) is 20.1. The van der Waals surface area contributed by atoms with Crippen LogP contribution in [0.25, 0.3) is 0 Å². The lowest BCUT2D eigenvalue weighted by Crippen LogP contribution is -2.05. The zero-order valence-corrected chi connectivity index (χ0v) is 36.3. The molecule has 316 valence electrons. The maximum atomic E-state index is 4.55. The minimum atomic E-state index is 0.881. The van der Waals surface area contributed by atoms with Crippen LogP contribution < -0.4 is 0 Å². The van der Waals surface area contributed by atoms with Crippen LogP contribution in [0.15, 0.2) is 232 Å². The Bertz CT molecular complexity index is 2540. The number of hydrogen-bond acceptors (Lipinski definition) is 2. The first-order valence-corrected chi connectivity index (χ1v) is 22.2. The SMILES string of the molecule is c1ccc(Cn2cccc2Cc2cncc(Cc3cccn3Cc3ccccc3)c2)cc1.c1ccc(Cn2cccc2Cc2cncc(Cc3cccn3Cc3ccccc3)c2)cc1. The van der Waals surface area contributed by atoms with Gasteiger partial charge in [-0.1, -0.05) is 133 Å². The van der Waals surface area contributed by atoms with E-state index in [1.54, 1.807) is 0 Å². The van der Waals surface area contributed by atoms with Gasteiger partial charge in [-0.3, -0.25) is 9.97 Å². The molecule has 0 spiro atoms. The lowest BCUT2D eigenvalue weighted by molar-refractivity contribution is 0.753. The zero-order chi connectivity index (χ0) is 43.2. The second kappa shape index (κ2) is 20.9. The summed E-state index contributed by atoms with van der Waals surface area (Å²) in [5, 5.41) is 0. The molecule has 4 aromatic carbocycles. The first kappa shape index (κ1) is 41.6. The second-order valence-electron chi connectivity index (χ2n) is 16.6. The molecule has 0 saturated heterocycles. The molecule has 0 fully saturated rings. The van der Waals surface area contributed by atoms with Gasteiger partial charge in [0.05, 0.1) is 0 Å². The van der Waals surface area contributed by atoms with Crippen molar-refractivity contribution in [2.24, 2.45) is 0 Å². The summed E-state index contributed by atoms with van der Waals surface area (Å²) in [5.74, 6) is 0. The highest BCUT2D eigenvalue weighted by Crippen LogP contribution is 2.19. The number of pyridine rings is 2. The van der Waals surface area contributed by atoms with Crippen molar-refractivity contribution < 1.29 is 0 Å². The Morgan fingerprint density at radius 2 is 0.484 bits per heavy atom. The Morgan fingerprint density at radius 1 is 0.250 bits per heavy atom. The molecular weight excluding hydrogens is 781 g/mol. The third-order valence-electron chi connectivity index (χ3n) is 11.7. The van der Waals surface area contributed by atoms with Crippen molar-refractivity contribution in [1.29, 1.82) is 0 Å². The highest BCUT2D eigenvalue weighted by atomic mass is 15.0. The maximum absolute atomic E-state index is 4.55. The molecule has 6 heteroatoms. The van der Waals surface area contributed by atoms with Crippen LogP contribution in [0.4, 0.5) is 0 Å². The van der Waals surface area contributed by atoms with Gasteiger partial charge in [0.25, 0.3) is 0 Å². The molecule has 0 saturated carbocycles. The van der Waals surface area contributed by atoms with Gasteiger partial charge in [-0.15, -0.1) is 0 Å². The fraction of sp³-hybridized carbons (Fsp3) is 0.138. The van der Waals surface area contributed by atoms with E-state index in [0.717, 1.165) is 51.9 Å². The van der Waals surface area contributed by atoms with Crippen molar-refractivity contribution in [3.63, 3.8) is 0 Å². The molecule has 0 atom stereocenters. The average molecular weight is 835 g/mol. The molecule has 6 aromatic heterocycles. The molecule has 0 bridgehead atoms. The van der Waals surface area contributed by atoms with E-state index < -0.39 is 0 Å². The van der Waals surface area contributed by atoms with Crippen LogP contribution in [-0.2, 0) is 51.9 Å². The van der Waals surface area contributed by atoms with Gasteiger partial charge in [0.2, 0.25) is 0 Å². The number of hydrogen-bond donors (Lipinski definition) is 0. The third-order valence-corrected chi connectivity index (χ3v) is 11.7. The minimum absolute atomic E-state index is 0.881. The van der Waals surface area contributed by atoms with Crippen molar-refractivity contribution in [3.05, 3.63) is 299 Å². The van der Waals surface area contributed by atoms with E-state index in [-0.39, 0.29) is 0 Å². The molecule has 64 heavy (non-hydrogen) atoms. The number of aromatic nitrogens is 6. The van der Waals surface area contributed by atoms with E-state index in [0.29, 0.717) is 0 Å². The molecule has 0 amide bonds. The normalized spacial score (nSPS) is 11.0. The van der Waals surface area contributed by atoms with Crippen LogP contribution in [0.2, 0.25) is 0 Å². The van der Waals surface area contributed by atoms with Crippen molar-refractivity contribution in [2.45, 2.75) is 51.9 Å². The van der Waals surface area contributed by atoms with E-state index in [4.69, 9.17) is 0 Å². The predicted octanol–water partition coefficient (Wildman–Crippen LogP) is 11.9. The summed E-state index contributed by atoms with van der Waals surface area (Å²) in [7, 11) is 0. The van der Waals surface area contributed by atoms with E-state index in [1.807, 2.05) is 24.8 Å². The molecule has 0 N–H and O–H groups in total. The highest BCUT2D eigenvalue weighted by molar-refractivity contribution is 5.31. The van der Waals surface area contributed by atoms with Crippen LogP contribution in [-0.4, -0.2) is 28.2 Å². The molecular formula is C58H54N6. The van der Waals surface area contributed by atoms with Crippen molar-refractivity contribution in [1.82, 2.24) is 28.2 Å². The van der Waals surface area contributed by atoms with Gasteiger partial charge in [-0.05, 0) is 93.0 Å². The Kier molecular flexibility index (Phi) is 13.6. The van der Waals surface area contributed by atoms with Gasteiger partial charge < -0.3 is 18.3 Å². The molecule has 0 aliphatic heterocycles. The maximum Gasteiger partial charge on any atom is 0.0472 e. The summed E-state index contributed by atoms with van der Waals surface area (Å²) < 4.78 is 9.31. The second-order valence-corrected chi connectivity index (χ2v) is 16.6. The molecule has 6 nitrogen and oxygen atoms in total. The van der Waals surface area contributed by atoms with E-state index in [1.165, 1.54) is 67.3 Å². The van der Waals surface area contributed by atoms with E-state index >= 15 is 0 Å². The van der Waals surface area contributed by atoms with Crippen molar-refractivity contribution in [2.75, 3.05) is 0 Å². The van der Waals surface area contributed by atoms with Crippen molar-refractivity contribution >= 4 is 0 Å². The lowest BCUT2D eigenvalue weighted by Gasteiger charge is -2.12. The number of nitrogens with zero attached hydrogens (tertiary/aromatic N) is 6. The van der Waals surface area contributed by atoms with E-state index in [2.05, 4.69) is 235 Å². The van der Waals surface area contributed by atoms with Crippen LogP contribution >= 0.6 is 0 Å². The van der Waals surface area contributed by atoms with Gasteiger partial charge in [0.1, 0.15) is 0 Å². The number of benzene rings is 4. The molecule has 0 unspecified atom stereocenters. The topological polar surface area (TPSA) is 45.5 Å². The molecule has 10 aromatic rings. The average Bonchev–Trinajstić information content (AvgIpc) is 4.17. The third kappa shape index (κ3) is 11.4. The van der Waals surface area contributed by atoms with Crippen LogP contribution in [0, 0.1) is 0 Å². The monoisotopic (exact) mass is 834 g/mol. The Balaban J connectivity index is 0.000000162. The molecule has 0 radical (unpaired) electrons. The molecule has 6 heterocycles. The van der Waals surface area contributed by atoms with Gasteiger partial charge in [-0.2, -0.15) is 0 Å². The summed E-state index contributed by atoms with van der Waals surface area (Å²) in [4.78, 5) is 9.11. The van der Waals surface area contributed by atoms with Gasteiger partial charge in [0.15, 0.2) is 0 Å². The molecule has 0 aliphatic carbocycles. The molecule has 10 rings (SSSR count). The van der Waals surface area contributed by atoms with Gasteiger partial charge in [0, 0.05) is 124 Å². The fourth-order valence-electron chi connectivity index (χ4n) is 8.48. The standard InChI is InChI=1S/2C29H27N3/c2*1-3-9-24(10-4-1)22-31-15-7-13-28(31)18-26-17-27(21-30-20-26)19-29-14-8-16-32(29)23-25-11-5-2-6-12-25/h2*1-17,20-21H,18-19,22-23H2. The Morgan fingerprint density at radius 3 is 0.719 bits per heavy atom. The first-order chi connectivity index (χ1) is 31.7. The van der Waals surface area contributed by atoms with Crippen LogP contribution in [0.5, 0.6) is 0 Å². The fourth-order valence-corrected chi connectivity index (χ4v) is 8.48. The molecule has 0 aliphatic rings. The van der Waals surface area contributed by atoms with Crippen molar-refractivity contribution in [3.8, 4) is 0 Å². The lowest BCUT2D eigenvalue weighted by atomic mass is 10.1.